The van der Waals surface area contributed by atoms with E-state index in [1.54, 1.807) is 27.7 Å². The maximum atomic E-state index is 9.87. The van der Waals surface area contributed by atoms with Crippen molar-refractivity contribution in [2.75, 3.05) is 26.9 Å². The average molecular weight is 475 g/mol. The summed E-state index contributed by atoms with van der Waals surface area (Å²) in [7, 11) is 1.52. The minimum absolute atomic E-state index is 0.0308. The highest BCUT2D eigenvalue weighted by Gasteiger charge is 2.51. The molecule has 0 aromatic heterocycles. The number of methoxy groups -OCH3 is 1. The van der Waals surface area contributed by atoms with Crippen molar-refractivity contribution < 1.29 is 38.6 Å². The van der Waals surface area contributed by atoms with Crippen LogP contribution in [0.5, 0.6) is 0 Å². The van der Waals surface area contributed by atoms with E-state index in [4.69, 9.17) is 28.4 Å². The van der Waals surface area contributed by atoms with Crippen LogP contribution in [0.2, 0.25) is 0 Å². The smallest absolute Gasteiger partial charge is 0.186 e. The van der Waals surface area contributed by atoms with Crippen molar-refractivity contribution in [2.45, 2.75) is 75.9 Å². The average Bonchev–Trinajstić information content (AvgIpc) is 2.78. The first-order valence-electron chi connectivity index (χ1n) is 11.3. The lowest BCUT2D eigenvalue weighted by Crippen LogP contribution is -2.63. The fraction of sp³-hybridized carbons (Fsp3) is 0.615. The summed E-state index contributed by atoms with van der Waals surface area (Å²) in [5, 5.41) is 19.7. The van der Waals surface area contributed by atoms with Crippen LogP contribution in [0.3, 0.4) is 0 Å². The van der Waals surface area contributed by atoms with E-state index in [0.29, 0.717) is 0 Å². The zero-order chi connectivity index (χ0) is 24.8. The third kappa shape index (κ3) is 7.78. The Morgan fingerprint density at radius 3 is 2.06 bits per heavy atom. The van der Waals surface area contributed by atoms with Crippen molar-refractivity contribution in [3.63, 3.8) is 0 Å². The Kier molecular flexibility index (Phi) is 9.11. The van der Waals surface area contributed by atoms with Crippen LogP contribution in [0.4, 0.5) is 0 Å². The first-order chi connectivity index (χ1) is 16.1. The molecule has 8 heteroatoms. The predicted molar refractivity (Wildman–Crippen MR) is 123 cm³/mol. The standard InChI is InChI=1S/C26H34O8/c1-25(2,27)13-9-15-30-21-20-19(17-32-23(34-20)18-11-7-6-8-12-18)33-24(29-5)22(21)31-16-10-14-26(3,4)28/h6-8,11-12,19-24,27-28H,15-17H2,1-5H3/t19-,20-,21+,22-,23?,24+/m1/s1. The molecule has 1 aromatic carbocycles. The summed E-state index contributed by atoms with van der Waals surface area (Å²) in [6.45, 7) is 6.75. The molecule has 0 radical (unpaired) electrons. The normalized spacial score (nSPS) is 29.3. The Balaban J connectivity index is 1.81. The molecule has 6 atom stereocenters. The number of rotatable bonds is 6. The van der Waals surface area contributed by atoms with Gasteiger partial charge in [-0.3, -0.25) is 0 Å². The number of aliphatic hydroxyl groups is 2. The van der Waals surface area contributed by atoms with Gasteiger partial charge in [-0.2, -0.15) is 0 Å². The molecule has 0 amide bonds. The van der Waals surface area contributed by atoms with Gasteiger partial charge in [0.25, 0.3) is 0 Å². The molecule has 2 aliphatic rings. The van der Waals surface area contributed by atoms with E-state index in [1.807, 2.05) is 30.3 Å². The van der Waals surface area contributed by atoms with Gasteiger partial charge in [-0.15, -0.1) is 0 Å². The number of fused-ring (bicyclic) bond motifs is 1. The summed E-state index contributed by atoms with van der Waals surface area (Å²) < 4.78 is 35.9. The van der Waals surface area contributed by atoms with Gasteiger partial charge in [-0.1, -0.05) is 54.0 Å². The van der Waals surface area contributed by atoms with Gasteiger partial charge in [-0.05, 0) is 27.7 Å². The summed E-state index contributed by atoms with van der Waals surface area (Å²) in [6.07, 6.45) is -3.60. The van der Waals surface area contributed by atoms with E-state index < -0.39 is 48.2 Å². The zero-order valence-corrected chi connectivity index (χ0v) is 20.3. The summed E-state index contributed by atoms with van der Waals surface area (Å²) in [5.41, 5.74) is -1.38. The van der Waals surface area contributed by atoms with Crippen LogP contribution in [0.15, 0.2) is 30.3 Å². The summed E-state index contributed by atoms with van der Waals surface area (Å²) in [4.78, 5) is 0. The molecule has 34 heavy (non-hydrogen) atoms. The predicted octanol–water partition coefficient (Wildman–Crippen LogP) is 1.79. The summed E-state index contributed by atoms with van der Waals surface area (Å²) >= 11 is 0. The molecule has 186 valence electrons. The van der Waals surface area contributed by atoms with Gasteiger partial charge >= 0.3 is 0 Å². The van der Waals surface area contributed by atoms with Crippen molar-refractivity contribution in [1.29, 1.82) is 0 Å². The zero-order valence-electron chi connectivity index (χ0n) is 20.3. The second-order valence-corrected chi connectivity index (χ2v) is 9.23. The third-order valence-electron chi connectivity index (χ3n) is 5.07. The Morgan fingerprint density at radius 2 is 1.50 bits per heavy atom. The van der Waals surface area contributed by atoms with Gasteiger partial charge in [0.05, 0.1) is 6.61 Å². The van der Waals surface area contributed by atoms with Gasteiger partial charge in [0.2, 0.25) is 0 Å². The van der Waals surface area contributed by atoms with E-state index >= 15 is 0 Å². The molecular weight excluding hydrogens is 440 g/mol. The monoisotopic (exact) mass is 474 g/mol. The summed E-state index contributed by atoms with van der Waals surface area (Å²) in [6, 6.07) is 9.61. The topological polar surface area (TPSA) is 95.8 Å². The van der Waals surface area contributed by atoms with Crippen LogP contribution in [-0.2, 0) is 28.4 Å². The van der Waals surface area contributed by atoms with Crippen LogP contribution in [0, 0.1) is 23.7 Å². The van der Waals surface area contributed by atoms with Crippen molar-refractivity contribution >= 4 is 0 Å². The molecule has 8 nitrogen and oxygen atoms in total. The molecule has 2 aliphatic heterocycles. The third-order valence-corrected chi connectivity index (χ3v) is 5.07. The quantitative estimate of drug-likeness (QED) is 0.603. The fourth-order valence-corrected chi connectivity index (χ4v) is 3.66. The first kappa shape index (κ1) is 26.6. The van der Waals surface area contributed by atoms with Gasteiger partial charge in [0.1, 0.15) is 48.8 Å². The largest absolute Gasteiger partial charge is 0.378 e. The number of benzene rings is 1. The highest BCUT2D eigenvalue weighted by atomic mass is 16.8. The maximum absolute atomic E-state index is 9.87. The molecule has 1 aromatic rings. The second-order valence-electron chi connectivity index (χ2n) is 9.23. The van der Waals surface area contributed by atoms with Crippen molar-refractivity contribution in [3.8, 4) is 23.7 Å². The molecule has 3 rings (SSSR count). The SMILES string of the molecule is CO[C@H]1O[C@@H]2COC(c3ccccc3)O[C@H]2[C@H](OCC#CC(C)(C)O)[C@H]1OCC#CC(C)(C)O. The number of hydrogen-bond donors (Lipinski definition) is 2. The molecule has 0 saturated carbocycles. The Bertz CT molecular complexity index is 896. The van der Waals surface area contributed by atoms with Gasteiger partial charge in [0.15, 0.2) is 12.6 Å². The lowest BCUT2D eigenvalue weighted by atomic mass is 9.97. The second kappa shape index (κ2) is 11.6. The minimum atomic E-state index is -1.13. The number of ether oxygens (including phenoxy) is 6. The van der Waals surface area contributed by atoms with E-state index in [2.05, 4.69) is 23.7 Å². The van der Waals surface area contributed by atoms with Crippen molar-refractivity contribution in [1.82, 2.24) is 0 Å². The number of hydrogen-bond acceptors (Lipinski definition) is 8. The Hall–Kier alpha value is -1.98. The minimum Gasteiger partial charge on any atom is -0.378 e. The summed E-state index contributed by atoms with van der Waals surface area (Å²) in [5.74, 6) is 11.1. The van der Waals surface area contributed by atoms with Crippen LogP contribution < -0.4 is 0 Å². The Labute approximate surface area is 201 Å². The highest BCUT2D eigenvalue weighted by molar-refractivity contribution is 5.17. The lowest BCUT2D eigenvalue weighted by Gasteiger charge is -2.48. The van der Waals surface area contributed by atoms with Gasteiger partial charge < -0.3 is 38.6 Å². The van der Waals surface area contributed by atoms with Crippen molar-refractivity contribution in [3.05, 3.63) is 35.9 Å². The highest BCUT2D eigenvalue weighted by Crippen LogP contribution is 2.36. The molecule has 0 bridgehead atoms. The Morgan fingerprint density at radius 1 is 0.912 bits per heavy atom. The molecule has 2 saturated heterocycles. The molecule has 2 N–H and O–H groups in total. The first-order valence-corrected chi connectivity index (χ1v) is 11.3. The van der Waals surface area contributed by atoms with Crippen LogP contribution in [-0.4, -0.2) is 79.1 Å². The van der Waals surface area contributed by atoms with E-state index in [-0.39, 0.29) is 19.8 Å². The fourth-order valence-electron chi connectivity index (χ4n) is 3.66. The molecule has 2 heterocycles. The van der Waals surface area contributed by atoms with Crippen LogP contribution >= 0.6 is 0 Å². The molecule has 2 fully saturated rings. The van der Waals surface area contributed by atoms with Gasteiger partial charge in [-0.25, -0.2) is 0 Å². The molecule has 0 aliphatic carbocycles. The van der Waals surface area contributed by atoms with Crippen LogP contribution in [0.1, 0.15) is 39.5 Å². The molecular formula is C26H34O8. The van der Waals surface area contributed by atoms with Crippen molar-refractivity contribution in [2.24, 2.45) is 0 Å². The lowest BCUT2D eigenvalue weighted by molar-refractivity contribution is -0.365. The maximum Gasteiger partial charge on any atom is 0.186 e. The van der Waals surface area contributed by atoms with E-state index in [0.717, 1.165) is 5.56 Å². The van der Waals surface area contributed by atoms with Gasteiger partial charge in [0, 0.05) is 12.7 Å². The molecule has 1 unspecified atom stereocenters. The molecule has 0 spiro atoms. The van der Waals surface area contributed by atoms with E-state index in [9.17, 15) is 10.2 Å². The van der Waals surface area contributed by atoms with Crippen LogP contribution in [0.25, 0.3) is 0 Å². The van der Waals surface area contributed by atoms with E-state index in [1.165, 1.54) is 7.11 Å².